The van der Waals surface area contributed by atoms with E-state index < -0.39 is 12.1 Å². The quantitative estimate of drug-likeness (QED) is 0.668. The van der Waals surface area contributed by atoms with Gasteiger partial charge in [0.2, 0.25) is 5.91 Å². The molecule has 2 aromatic rings. The Morgan fingerprint density at radius 1 is 0.966 bits per heavy atom. The van der Waals surface area contributed by atoms with Gasteiger partial charge in [0.15, 0.2) is 11.5 Å². The lowest BCUT2D eigenvalue weighted by atomic mass is 9.94. The summed E-state index contributed by atoms with van der Waals surface area (Å²) in [7, 11) is 0. The number of hydrogen-bond acceptors (Lipinski definition) is 4. The Kier molecular flexibility index (Phi) is 6.59. The molecule has 7 nitrogen and oxygen atoms in total. The highest BCUT2D eigenvalue weighted by Gasteiger charge is 2.24. The van der Waals surface area contributed by atoms with Crippen LogP contribution in [0, 0.1) is 5.92 Å². The second-order valence-corrected chi connectivity index (χ2v) is 7.37. The van der Waals surface area contributed by atoms with Crippen LogP contribution in [0.15, 0.2) is 48.5 Å². The minimum Gasteiger partial charge on any atom is -0.486 e. The Morgan fingerprint density at radius 3 is 2.31 bits per heavy atom. The van der Waals surface area contributed by atoms with E-state index in [-0.39, 0.29) is 24.3 Å². The molecule has 1 aliphatic rings. The number of nitrogens with two attached hydrogens (primary N) is 1. The first-order valence-corrected chi connectivity index (χ1v) is 9.74. The molecule has 0 spiro atoms. The Hall–Kier alpha value is -3.22. The second-order valence-electron chi connectivity index (χ2n) is 7.37. The lowest BCUT2D eigenvalue weighted by Gasteiger charge is -2.26. The van der Waals surface area contributed by atoms with Gasteiger partial charge in [-0.2, -0.15) is 0 Å². The summed E-state index contributed by atoms with van der Waals surface area (Å²) < 4.78 is 11.2. The second kappa shape index (κ2) is 9.32. The lowest BCUT2D eigenvalue weighted by molar-refractivity contribution is -0.122. The number of nitrogens with one attached hydrogen (secondary N) is 2. The standard InChI is InChI=1S/C22H27N3O4/c1-14(2)21(16-8-9-18-19(12-16)29-11-10-28-18)25-20(26)13-17(24-22(23)27)15-6-4-3-5-7-15/h3-9,12,14,17,21H,10-11,13H2,1-2H3,(H,25,26)(H3,23,24,27)/t17-,21-/m1/s1. The number of ether oxygens (including phenoxy) is 2. The molecular formula is C22H27N3O4. The SMILES string of the molecule is CC(C)[C@@H](NC(=O)C[C@@H](NC(N)=O)c1ccccc1)c1ccc2c(c1)OCCO2. The highest BCUT2D eigenvalue weighted by Crippen LogP contribution is 2.34. The molecule has 0 fully saturated rings. The first-order chi connectivity index (χ1) is 13.9. The van der Waals surface area contributed by atoms with Crippen molar-refractivity contribution in [2.75, 3.05) is 13.2 Å². The fourth-order valence-corrected chi connectivity index (χ4v) is 3.42. The maximum Gasteiger partial charge on any atom is 0.312 e. The predicted molar refractivity (Wildman–Crippen MR) is 110 cm³/mol. The van der Waals surface area contributed by atoms with E-state index in [0.29, 0.717) is 24.7 Å². The van der Waals surface area contributed by atoms with Crippen molar-refractivity contribution in [3.8, 4) is 11.5 Å². The number of carbonyl (C=O) groups is 2. The third-order valence-corrected chi connectivity index (χ3v) is 4.82. The summed E-state index contributed by atoms with van der Waals surface area (Å²) in [5, 5.41) is 5.74. The molecule has 0 unspecified atom stereocenters. The fourth-order valence-electron chi connectivity index (χ4n) is 3.42. The van der Waals surface area contributed by atoms with Crippen molar-refractivity contribution in [3.63, 3.8) is 0 Å². The van der Waals surface area contributed by atoms with Gasteiger partial charge in [0.1, 0.15) is 13.2 Å². The summed E-state index contributed by atoms with van der Waals surface area (Å²) in [5.41, 5.74) is 7.07. The highest BCUT2D eigenvalue weighted by molar-refractivity contribution is 5.79. The Balaban J connectivity index is 1.74. The van der Waals surface area contributed by atoms with E-state index in [1.165, 1.54) is 0 Å². The van der Waals surface area contributed by atoms with Crippen LogP contribution in [0.25, 0.3) is 0 Å². The third kappa shape index (κ3) is 5.40. The van der Waals surface area contributed by atoms with Crippen LogP contribution in [0.5, 0.6) is 11.5 Å². The number of fused-ring (bicyclic) bond motifs is 1. The van der Waals surface area contributed by atoms with Gasteiger partial charge in [-0.15, -0.1) is 0 Å². The van der Waals surface area contributed by atoms with E-state index in [4.69, 9.17) is 15.2 Å². The molecule has 3 rings (SSSR count). The molecule has 3 amide bonds. The van der Waals surface area contributed by atoms with Gasteiger partial charge in [0.05, 0.1) is 18.5 Å². The first-order valence-electron chi connectivity index (χ1n) is 9.74. The van der Waals surface area contributed by atoms with Crippen LogP contribution in [0.1, 0.15) is 43.5 Å². The summed E-state index contributed by atoms with van der Waals surface area (Å²) >= 11 is 0. The van der Waals surface area contributed by atoms with Gasteiger partial charge in [-0.3, -0.25) is 4.79 Å². The van der Waals surface area contributed by atoms with Crippen LogP contribution in [0.2, 0.25) is 0 Å². The van der Waals surface area contributed by atoms with E-state index in [1.807, 2.05) is 62.4 Å². The zero-order valence-corrected chi connectivity index (χ0v) is 16.7. The number of hydrogen-bond donors (Lipinski definition) is 3. The molecule has 2 aromatic carbocycles. The average molecular weight is 397 g/mol. The fraction of sp³-hybridized carbons (Fsp3) is 0.364. The van der Waals surface area contributed by atoms with Crippen LogP contribution in [-0.4, -0.2) is 25.2 Å². The Labute approximate surface area is 170 Å². The minimum atomic E-state index is -0.668. The molecule has 0 saturated heterocycles. The van der Waals surface area contributed by atoms with Gasteiger partial charge in [-0.05, 0) is 29.2 Å². The maximum absolute atomic E-state index is 12.8. The van der Waals surface area contributed by atoms with Crippen molar-refractivity contribution < 1.29 is 19.1 Å². The van der Waals surface area contributed by atoms with Crippen LogP contribution in [0.4, 0.5) is 4.79 Å². The van der Waals surface area contributed by atoms with Crippen LogP contribution < -0.4 is 25.8 Å². The summed E-state index contributed by atoms with van der Waals surface area (Å²) in [5.74, 6) is 1.37. The van der Waals surface area contributed by atoms with Gasteiger partial charge in [-0.1, -0.05) is 50.2 Å². The van der Waals surface area contributed by atoms with Crippen molar-refractivity contribution in [2.45, 2.75) is 32.4 Å². The van der Waals surface area contributed by atoms with Gasteiger partial charge < -0.3 is 25.8 Å². The minimum absolute atomic E-state index is 0.0841. The molecule has 2 atom stereocenters. The van der Waals surface area contributed by atoms with E-state index in [1.54, 1.807) is 0 Å². The van der Waals surface area contributed by atoms with Crippen LogP contribution >= 0.6 is 0 Å². The number of urea groups is 1. The molecule has 0 aliphatic carbocycles. The highest BCUT2D eigenvalue weighted by atomic mass is 16.6. The lowest BCUT2D eigenvalue weighted by Crippen LogP contribution is -2.38. The number of carbonyl (C=O) groups excluding carboxylic acids is 2. The van der Waals surface area contributed by atoms with Crippen molar-refractivity contribution in [3.05, 3.63) is 59.7 Å². The first kappa shape index (κ1) is 20.5. The van der Waals surface area contributed by atoms with E-state index in [2.05, 4.69) is 10.6 Å². The van der Waals surface area contributed by atoms with Crippen LogP contribution in [0.3, 0.4) is 0 Å². The topological polar surface area (TPSA) is 103 Å². The molecule has 1 aliphatic heterocycles. The monoisotopic (exact) mass is 397 g/mol. The zero-order chi connectivity index (χ0) is 20.8. The van der Waals surface area contributed by atoms with Crippen molar-refractivity contribution >= 4 is 11.9 Å². The molecule has 0 bridgehead atoms. The summed E-state index contributed by atoms with van der Waals surface area (Å²) in [6, 6.07) is 13.6. The summed E-state index contributed by atoms with van der Waals surface area (Å²) in [4.78, 5) is 24.2. The molecule has 1 heterocycles. The number of benzene rings is 2. The molecule has 4 N–H and O–H groups in total. The molecule has 0 saturated carbocycles. The van der Waals surface area contributed by atoms with Crippen LogP contribution in [-0.2, 0) is 4.79 Å². The van der Waals surface area contributed by atoms with Gasteiger partial charge in [0, 0.05) is 0 Å². The average Bonchev–Trinajstić information content (AvgIpc) is 2.71. The third-order valence-electron chi connectivity index (χ3n) is 4.82. The molecule has 29 heavy (non-hydrogen) atoms. The van der Waals surface area contributed by atoms with Crippen molar-refractivity contribution in [2.24, 2.45) is 11.7 Å². The zero-order valence-electron chi connectivity index (χ0n) is 16.7. The van der Waals surface area contributed by atoms with E-state index >= 15 is 0 Å². The van der Waals surface area contributed by atoms with Gasteiger partial charge >= 0.3 is 6.03 Å². The van der Waals surface area contributed by atoms with Gasteiger partial charge in [-0.25, -0.2) is 4.79 Å². The van der Waals surface area contributed by atoms with E-state index in [9.17, 15) is 9.59 Å². The molecule has 7 heteroatoms. The number of rotatable bonds is 7. The molecule has 154 valence electrons. The van der Waals surface area contributed by atoms with E-state index in [0.717, 1.165) is 11.1 Å². The Bertz CT molecular complexity index is 854. The van der Waals surface area contributed by atoms with Crippen molar-refractivity contribution in [1.82, 2.24) is 10.6 Å². The van der Waals surface area contributed by atoms with Crippen molar-refractivity contribution in [1.29, 1.82) is 0 Å². The summed E-state index contributed by atoms with van der Waals surface area (Å²) in [6.07, 6.45) is 0.0841. The Morgan fingerprint density at radius 2 is 1.66 bits per heavy atom. The molecular weight excluding hydrogens is 370 g/mol. The smallest absolute Gasteiger partial charge is 0.312 e. The number of primary amides is 1. The summed E-state index contributed by atoms with van der Waals surface area (Å²) in [6.45, 7) is 5.12. The van der Waals surface area contributed by atoms with Gasteiger partial charge in [0.25, 0.3) is 0 Å². The largest absolute Gasteiger partial charge is 0.486 e. The molecule has 0 aromatic heterocycles. The predicted octanol–water partition coefficient (Wildman–Crippen LogP) is 3.07. The number of amides is 3. The molecule has 0 radical (unpaired) electrons. The normalized spacial score (nSPS) is 14.7. The maximum atomic E-state index is 12.8.